The Morgan fingerprint density at radius 2 is 1.95 bits per heavy atom. The molecule has 5 nitrogen and oxygen atoms in total. The number of carbonyl (C=O) groups is 1. The maximum Gasteiger partial charge on any atom is 0.223 e. The molecule has 2 aliphatic rings. The first-order chi connectivity index (χ1) is 10.3. The molecule has 2 fully saturated rings. The van der Waals surface area contributed by atoms with Crippen molar-refractivity contribution in [1.82, 2.24) is 10.2 Å². The van der Waals surface area contributed by atoms with Gasteiger partial charge in [-0.25, -0.2) is 8.42 Å². The molecule has 0 radical (unpaired) electrons. The van der Waals surface area contributed by atoms with Crippen molar-refractivity contribution in [2.24, 2.45) is 11.8 Å². The number of nitrogens with zero attached hydrogens (tertiary/aromatic N) is 1. The number of sulfone groups is 1. The highest BCUT2D eigenvalue weighted by Gasteiger charge is 2.37. The summed E-state index contributed by atoms with van der Waals surface area (Å²) in [5.41, 5.74) is 0. The second kappa shape index (κ2) is 7.30. The Hall–Kier alpha value is -0.620. The van der Waals surface area contributed by atoms with E-state index >= 15 is 0 Å². The maximum atomic E-state index is 12.7. The Bertz CT molecular complexity index is 482. The third-order valence-corrected chi connectivity index (χ3v) is 5.97. The van der Waals surface area contributed by atoms with Crippen LogP contribution in [0.3, 0.4) is 0 Å². The molecular weight excluding hydrogens is 300 g/mol. The summed E-state index contributed by atoms with van der Waals surface area (Å²) in [5.74, 6) is 1.11. The van der Waals surface area contributed by atoms with E-state index in [1.54, 1.807) is 0 Å². The fourth-order valence-corrected chi connectivity index (χ4v) is 4.63. The Kier molecular flexibility index (Phi) is 5.88. The minimum absolute atomic E-state index is 0.0641. The Labute approximate surface area is 134 Å². The summed E-state index contributed by atoms with van der Waals surface area (Å²) in [7, 11) is -3.06. The Morgan fingerprint density at radius 1 is 1.27 bits per heavy atom. The van der Waals surface area contributed by atoms with Crippen LogP contribution >= 0.6 is 0 Å². The molecule has 22 heavy (non-hydrogen) atoms. The largest absolute Gasteiger partial charge is 0.336 e. The molecule has 3 unspecified atom stereocenters. The molecule has 2 rings (SSSR count). The summed E-state index contributed by atoms with van der Waals surface area (Å²) in [6.07, 6.45) is 6.18. The van der Waals surface area contributed by atoms with Gasteiger partial charge in [-0.05, 0) is 57.5 Å². The molecule has 1 heterocycles. The van der Waals surface area contributed by atoms with E-state index in [9.17, 15) is 13.2 Å². The van der Waals surface area contributed by atoms with Crippen molar-refractivity contribution in [3.8, 4) is 0 Å². The third-order valence-electron chi connectivity index (χ3n) is 4.88. The zero-order chi connectivity index (χ0) is 16.3. The van der Waals surface area contributed by atoms with Gasteiger partial charge in [-0.1, -0.05) is 6.92 Å². The quantitative estimate of drug-likeness (QED) is 0.767. The lowest BCUT2D eigenvalue weighted by Crippen LogP contribution is -2.45. The molecule has 128 valence electrons. The van der Waals surface area contributed by atoms with Crippen molar-refractivity contribution in [2.75, 3.05) is 25.1 Å². The van der Waals surface area contributed by atoms with E-state index in [0.29, 0.717) is 18.3 Å². The van der Waals surface area contributed by atoms with Crippen LogP contribution in [0, 0.1) is 11.8 Å². The van der Waals surface area contributed by atoms with Crippen LogP contribution in [0.2, 0.25) is 0 Å². The van der Waals surface area contributed by atoms with Crippen LogP contribution in [0.1, 0.15) is 46.0 Å². The molecule has 0 spiro atoms. The molecule has 6 heteroatoms. The lowest BCUT2D eigenvalue weighted by atomic mass is 9.85. The highest BCUT2D eigenvalue weighted by Crippen LogP contribution is 2.31. The van der Waals surface area contributed by atoms with Gasteiger partial charge in [0.15, 0.2) is 0 Å². The van der Waals surface area contributed by atoms with Crippen molar-refractivity contribution in [3.63, 3.8) is 0 Å². The second-order valence-electron chi connectivity index (χ2n) is 7.26. The monoisotopic (exact) mass is 330 g/mol. The number of nitrogens with one attached hydrogen (secondary N) is 1. The van der Waals surface area contributed by atoms with Crippen LogP contribution < -0.4 is 5.32 Å². The molecule has 1 aliphatic carbocycles. The molecule has 0 aromatic rings. The van der Waals surface area contributed by atoms with Gasteiger partial charge < -0.3 is 10.2 Å². The van der Waals surface area contributed by atoms with Crippen molar-refractivity contribution < 1.29 is 13.2 Å². The van der Waals surface area contributed by atoms with E-state index in [2.05, 4.69) is 12.2 Å². The minimum Gasteiger partial charge on any atom is -0.336 e. The minimum atomic E-state index is -3.06. The lowest BCUT2D eigenvalue weighted by Gasteiger charge is -2.33. The van der Waals surface area contributed by atoms with Gasteiger partial charge in [0.2, 0.25) is 5.91 Å². The zero-order valence-electron chi connectivity index (χ0n) is 14.0. The number of piperidine rings is 1. The normalized spacial score (nSPS) is 25.5. The van der Waals surface area contributed by atoms with E-state index < -0.39 is 9.84 Å². The van der Waals surface area contributed by atoms with E-state index in [1.807, 2.05) is 11.8 Å². The van der Waals surface area contributed by atoms with Gasteiger partial charge in [-0.15, -0.1) is 0 Å². The van der Waals surface area contributed by atoms with Crippen molar-refractivity contribution >= 4 is 15.7 Å². The van der Waals surface area contributed by atoms with Gasteiger partial charge in [-0.3, -0.25) is 4.79 Å². The van der Waals surface area contributed by atoms with Gasteiger partial charge in [0.1, 0.15) is 9.84 Å². The van der Waals surface area contributed by atoms with Gasteiger partial charge in [-0.2, -0.15) is 0 Å². The number of carbonyl (C=O) groups excluding carboxylic acids is 1. The van der Waals surface area contributed by atoms with E-state index in [4.69, 9.17) is 0 Å². The summed E-state index contributed by atoms with van der Waals surface area (Å²) in [4.78, 5) is 14.6. The molecule has 1 aliphatic heterocycles. The smallest absolute Gasteiger partial charge is 0.223 e. The van der Waals surface area contributed by atoms with Crippen LogP contribution in [-0.2, 0) is 14.6 Å². The van der Waals surface area contributed by atoms with Crippen molar-refractivity contribution in [2.45, 2.75) is 58.0 Å². The average molecular weight is 330 g/mol. The van der Waals surface area contributed by atoms with Crippen LogP contribution in [0.4, 0.5) is 0 Å². The van der Waals surface area contributed by atoms with Crippen molar-refractivity contribution in [3.05, 3.63) is 0 Å². The zero-order valence-corrected chi connectivity index (χ0v) is 14.9. The van der Waals surface area contributed by atoms with Gasteiger partial charge in [0, 0.05) is 24.8 Å². The molecule has 1 amide bonds. The van der Waals surface area contributed by atoms with E-state index in [1.165, 1.54) is 19.1 Å². The summed E-state index contributed by atoms with van der Waals surface area (Å²) in [5, 5.41) is 3.40. The Morgan fingerprint density at radius 3 is 2.45 bits per heavy atom. The standard InChI is InChI=1S/C16H30N2O3S/c1-12(14-5-4-8-17-10-14)9-16(19)18(15-6-7-15)13(2)11-22(3,20)21/h12-15,17H,4-11H2,1-3H3. The SMILES string of the molecule is CC(CC(=O)N(C(C)CS(C)(=O)=O)C1CC1)C1CCCNC1. The predicted octanol–water partition coefficient (Wildman–Crippen LogP) is 1.44. The fourth-order valence-electron chi connectivity index (χ4n) is 3.59. The van der Waals surface area contributed by atoms with Crippen LogP contribution in [0.5, 0.6) is 0 Å². The topological polar surface area (TPSA) is 66.5 Å². The molecule has 1 N–H and O–H groups in total. The molecule has 0 aromatic heterocycles. The molecule has 1 saturated carbocycles. The fraction of sp³-hybridized carbons (Fsp3) is 0.938. The Balaban J connectivity index is 1.94. The first kappa shape index (κ1) is 17.7. The highest BCUT2D eigenvalue weighted by molar-refractivity contribution is 7.90. The number of hydrogen-bond donors (Lipinski definition) is 1. The highest BCUT2D eigenvalue weighted by atomic mass is 32.2. The molecular formula is C16H30N2O3S. The molecule has 0 bridgehead atoms. The summed E-state index contributed by atoms with van der Waals surface area (Å²) in [6.45, 7) is 6.10. The molecule has 3 atom stereocenters. The van der Waals surface area contributed by atoms with Gasteiger partial charge in [0.05, 0.1) is 5.75 Å². The van der Waals surface area contributed by atoms with Crippen LogP contribution in [0.25, 0.3) is 0 Å². The molecule has 0 aromatic carbocycles. The summed E-state index contributed by atoms with van der Waals surface area (Å²) in [6, 6.07) is 0.0487. The average Bonchev–Trinajstić information content (AvgIpc) is 3.22. The van der Waals surface area contributed by atoms with Crippen LogP contribution in [-0.4, -0.2) is 56.4 Å². The van der Waals surface area contributed by atoms with Gasteiger partial charge in [0.25, 0.3) is 0 Å². The van der Waals surface area contributed by atoms with E-state index in [-0.39, 0.29) is 23.7 Å². The van der Waals surface area contributed by atoms with E-state index in [0.717, 1.165) is 25.9 Å². The first-order valence-corrected chi connectivity index (χ1v) is 10.5. The number of hydrogen-bond acceptors (Lipinski definition) is 4. The number of amides is 1. The van der Waals surface area contributed by atoms with Crippen molar-refractivity contribution in [1.29, 1.82) is 0 Å². The second-order valence-corrected chi connectivity index (χ2v) is 9.45. The third kappa shape index (κ3) is 5.23. The molecule has 1 saturated heterocycles. The summed E-state index contributed by atoms with van der Waals surface area (Å²) >= 11 is 0. The summed E-state index contributed by atoms with van der Waals surface area (Å²) < 4.78 is 23.1. The lowest BCUT2D eigenvalue weighted by molar-refractivity contribution is -0.134. The first-order valence-electron chi connectivity index (χ1n) is 8.47. The van der Waals surface area contributed by atoms with Crippen LogP contribution in [0.15, 0.2) is 0 Å². The number of rotatable bonds is 7. The predicted molar refractivity (Wildman–Crippen MR) is 88.4 cm³/mol. The van der Waals surface area contributed by atoms with Gasteiger partial charge >= 0.3 is 0 Å². The maximum absolute atomic E-state index is 12.7.